The quantitative estimate of drug-likeness (QED) is 0.700. The van der Waals surface area contributed by atoms with Crippen LogP contribution >= 0.6 is 0 Å². The largest absolute Gasteiger partial charge is 0.383 e. The molecule has 0 bridgehead atoms. The highest BCUT2D eigenvalue weighted by Crippen LogP contribution is 2.23. The highest BCUT2D eigenvalue weighted by molar-refractivity contribution is 5.84. The molecule has 88 valence electrons. The number of hydrogen-bond acceptors (Lipinski definition) is 2. The summed E-state index contributed by atoms with van der Waals surface area (Å²) < 4.78 is 48.6. The van der Waals surface area contributed by atoms with Crippen LogP contribution in [0.1, 0.15) is 12.8 Å². The average Bonchev–Trinajstić information content (AvgIpc) is 2.18. The van der Waals surface area contributed by atoms with Crippen LogP contribution in [0.15, 0.2) is 0 Å². The summed E-state index contributed by atoms with van der Waals surface area (Å²) >= 11 is 0. The lowest BCUT2D eigenvalue weighted by atomic mass is 10.1. The first-order valence-corrected chi connectivity index (χ1v) is 4.62. The van der Waals surface area contributed by atoms with E-state index in [1.54, 1.807) is 0 Å². The van der Waals surface area contributed by atoms with Gasteiger partial charge in [0.05, 0.1) is 0 Å². The van der Waals surface area contributed by atoms with E-state index < -0.39 is 24.3 Å². The average molecular weight is 228 g/mol. The fourth-order valence-electron chi connectivity index (χ4n) is 1.35. The monoisotopic (exact) mass is 228 g/mol. The van der Waals surface area contributed by atoms with Gasteiger partial charge >= 0.3 is 12.3 Å². The Kier molecular flexibility index (Phi) is 3.90. The molecule has 0 aromatic carbocycles. The van der Waals surface area contributed by atoms with Crippen molar-refractivity contribution >= 4 is 5.91 Å². The molecule has 0 aliphatic carbocycles. The lowest BCUT2D eigenvalue weighted by Crippen LogP contribution is -2.51. The Balaban J connectivity index is 2.46. The molecule has 1 heterocycles. The van der Waals surface area contributed by atoms with E-state index in [1.165, 1.54) is 0 Å². The van der Waals surface area contributed by atoms with E-state index in [2.05, 4.69) is 5.32 Å². The first kappa shape index (κ1) is 12.2. The Labute approximate surface area is 84.2 Å². The molecule has 3 nitrogen and oxygen atoms in total. The van der Waals surface area contributed by atoms with Crippen LogP contribution in [-0.2, 0) is 4.79 Å². The van der Waals surface area contributed by atoms with Gasteiger partial charge in [-0.1, -0.05) is 0 Å². The lowest BCUT2D eigenvalue weighted by molar-refractivity contribution is -0.170. The molecule has 1 aliphatic rings. The lowest BCUT2D eigenvalue weighted by Gasteiger charge is -2.25. The van der Waals surface area contributed by atoms with Crippen LogP contribution < -0.4 is 10.6 Å². The highest BCUT2D eigenvalue weighted by atomic mass is 19.3. The molecule has 1 saturated heterocycles. The van der Waals surface area contributed by atoms with E-state index in [4.69, 9.17) is 0 Å². The fourth-order valence-corrected chi connectivity index (χ4v) is 1.35. The van der Waals surface area contributed by atoms with Crippen LogP contribution in [0.3, 0.4) is 0 Å². The molecule has 1 amide bonds. The normalized spacial score (nSPS) is 19.3. The SMILES string of the molecule is O=C(NC1CCNCC1)C(F)(F)C(F)F. The maximum Gasteiger partial charge on any atom is 0.383 e. The third-order valence-electron chi connectivity index (χ3n) is 2.25. The summed E-state index contributed by atoms with van der Waals surface area (Å²) in [6, 6.07) is -0.441. The molecule has 0 radical (unpaired) electrons. The number of alkyl halides is 4. The minimum atomic E-state index is -4.59. The van der Waals surface area contributed by atoms with E-state index >= 15 is 0 Å². The molecule has 0 aromatic heterocycles. The van der Waals surface area contributed by atoms with Crippen LogP contribution in [-0.4, -0.2) is 37.4 Å². The van der Waals surface area contributed by atoms with Gasteiger partial charge in [0.1, 0.15) is 0 Å². The van der Waals surface area contributed by atoms with Crippen molar-refractivity contribution in [3.63, 3.8) is 0 Å². The summed E-state index contributed by atoms with van der Waals surface area (Å²) in [5.74, 6) is -6.48. The Hall–Kier alpha value is -0.850. The van der Waals surface area contributed by atoms with Gasteiger partial charge < -0.3 is 10.6 Å². The summed E-state index contributed by atoms with van der Waals surface area (Å²) in [7, 11) is 0. The smallest absolute Gasteiger partial charge is 0.348 e. The standard InChI is InChI=1S/C8H12F4N2O/c9-6(10)8(11,12)7(15)14-5-1-3-13-4-2-5/h5-6,13H,1-4H2,(H,14,15). The number of amides is 1. The zero-order valence-corrected chi connectivity index (χ0v) is 7.90. The molecule has 0 atom stereocenters. The highest BCUT2D eigenvalue weighted by Gasteiger charge is 2.49. The number of piperidine rings is 1. The zero-order chi connectivity index (χ0) is 11.5. The van der Waals surface area contributed by atoms with Gasteiger partial charge in [-0.2, -0.15) is 8.78 Å². The van der Waals surface area contributed by atoms with Crippen molar-refractivity contribution in [1.82, 2.24) is 10.6 Å². The third-order valence-corrected chi connectivity index (χ3v) is 2.25. The molecule has 1 rings (SSSR count). The van der Waals surface area contributed by atoms with Crippen molar-refractivity contribution in [2.45, 2.75) is 31.2 Å². The second kappa shape index (κ2) is 4.78. The molecule has 0 unspecified atom stereocenters. The molecule has 1 fully saturated rings. The van der Waals surface area contributed by atoms with Gasteiger partial charge in [-0.05, 0) is 25.9 Å². The predicted octanol–water partition coefficient (Wildman–Crippen LogP) is 0.755. The van der Waals surface area contributed by atoms with Gasteiger partial charge in [0.2, 0.25) is 0 Å². The first-order valence-electron chi connectivity index (χ1n) is 4.62. The van der Waals surface area contributed by atoms with Crippen LogP contribution in [0.2, 0.25) is 0 Å². The first-order chi connectivity index (χ1) is 6.94. The summed E-state index contributed by atoms with van der Waals surface area (Å²) in [5.41, 5.74) is 0. The van der Waals surface area contributed by atoms with Crippen molar-refractivity contribution < 1.29 is 22.4 Å². The maximum absolute atomic E-state index is 12.5. The number of hydrogen-bond donors (Lipinski definition) is 2. The van der Waals surface area contributed by atoms with Crippen molar-refractivity contribution in [2.24, 2.45) is 0 Å². The molecular weight excluding hydrogens is 216 g/mol. The van der Waals surface area contributed by atoms with Crippen LogP contribution in [0.5, 0.6) is 0 Å². The zero-order valence-electron chi connectivity index (χ0n) is 7.90. The van der Waals surface area contributed by atoms with Gasteiger partial charge in [0.25, 0.3) is 5.91 Å². The van der Waals surface area contributed by atoms with Crippen molar-refractivity contribution in [3.8, 4) is 0 Å². The molecule has 2 N–H and O–H groups in total. The van der Waals surface area contributed by atoms with E-state index in [0.717, 1.165) is 0 Å². The van der Waals surface area contributed by atoms with Crippen molar-refractivity contribution in [1.29, 1.82) is 0 Å². The van der Waals surface area contributed by atoms with Gasteiger partial charge in [0.15, 0.2) is 0 Å². The van der Waals surface area contributed by atoms with Gasteiger partial charge in [-0.3, -0.25) is 4.79 Å². The molecular formula is C8H12F4N2O. The van der Waals surface area contributed by atoms with Crippen LogP contribution in [0, 0.1) is 0 Å². The Morgan fingerprint density at radius 2 is 1.87 bits per heavy atom. The molecule has 15 heavy (non-hydrogen) atoms. The van der Waals surface area contributed by atoms with Gasteiger partial charge in [-0.25, -0.2) is 8.78 Å². The van der Waals surface area contributed by atoms with E-state index in [1.807, 2.05) is 5.32 Å². The number of carbonyl (C=O) groups excluding carboxylic acids is 1. The summed E-state index contributed by atoms with van der Waals surface area (Å²) in [5, 5.41) is 4.89. The Morgan fingerprint density at radius 1 is 1.33 bits per heavy atom. The third kappa shape index (κ3) is 3.05. The molecule has 0 spiro atoms. The van der Waals surface area contributed by atoms with Gasteiger partial charge in [-0.15, -0.1) is 0 Å². The van der Waals surface area contributed by atoms with Crippen molar-refractivity contribution in [2.75, 3.05) is 13.1 Å². The maximum atomic E-state index is 12.5. The minimum Gasteiger partial charge on any atom is -0.348 e. The Morgan fingerprint density at radius 3 is 2.33 bits per heavy atom. The second-order valence-corrected chi connectivity index (χ2v) is 3.42. The number of carbonyl (C=O) groups is 1. The van der Waals surface area contributed by atoms with Gasteiger partial charge in [0, 0.05) is 6.04 Å². The van der Waals surface area contributed by atoms with Crippen LogP contribution in [0.25, 0.3) is 0 Å². The number of rotatable bonds is 3. The fraction of sp³-hybridized carbons (Fsp3) is 0.875. The molecule has 7 heteroatoms. The van der Waals surface area contributed by atoms with E-state index in [9.17, 15) is 22.4 Å². The topological polar surface area (TPSA) is 41.1 Å². The molecule has 0 saturated carbocycles. The number of nitrogens with one attached hydrogen (secondary N) is 2. The van der Waals surface area contributed by atoms with Crippen molar-refractivity contribution in [3.05, 3.63) is 0 Å². The predicted molar refractivity (Wildman–Crippen MR) is 45.0 cm³/mol. The number of halogens is 4. The Bertz CT molecular complexity index is 229. The van der Waals surface area contributed by atoms with E-state index in [-0.39, 0.29) is 0 Å². The van der Waals surface area contributed by atoms with E-state index in [0.29, 0.717) is 25.9 Å². The summed E-state index contributed by atoms with van der Waals surface area (Å²) in [6.45, 7) is 1.18. The molecule has 0 aromatic rings. The van der Waals surface area contributed by atoms with Crippen LogP contribution in [0.4, 0.5) is 17.6 Å². The second-order valence-electron chi connectivity index (χ2n) is 3.42. The minimum absolute atomic E-state index is 0.441. The summed E-state index contributed by atoms with van der Waals surface area (Å²) in [4.78, 5) is 10.8. The summed E-state index contributed by atoms with van der Waals surface area (Å²) in [6.07, 6.45) is -3.00. The molecule has 1 aliphatic heterocycles.